The Morgan fingerprint density at radius 1 is 1.21 bits per heavy atom. The molecule has 1 aromatic rings. The number of carbonyl (C=O) groups is 2. The lowest BCUT2D eigenvalue weighted by atomic mass is 9.96. The van der Waals surface area contributed by atoms with Crippen molar-refractivity contribution >= 4 is 11.8 Å². The summed E-state index contributed by atoms with van der Waals surface area (Å²) in [5.41, 5.74) is 5.17. The predicted molar refractivity (Wildman–Crippen MR) is 72.4 cm³/mol. The highest BCUT2D eigenvalue weighted by Gasteiger charge is 2.21. The molecule has 1 rings (SSSR count). The molecule has 1 aromatic carbocycles. The van der Waals surface area contributed by atoms with Gasteiger partial charge in [-0.25, -0.2) is 0 Å². The van der Waals surface area contributed by atoms with Gasteiger partial charge in [0.05, 0.1) is 0 Å². The minimum Gasteiger partial charge on any atom is -0.484 e. The molecule has 0 fully saturated rings. The Labute approximate surface area is 113 Å². The summed E-state index contributed by atoms with van der Waals surface area (Å²) < 4.78 is 5.30. The highest BCUT2D eigenvalue weighted by Crippen LogP contribution is 2.12. The maximum Gasteiger partial charge on any atom is 0.276 e. The number of hydrogen-bond acceptors (Lipinski definition) is 3. The predicted octanol–water partition coefficient (Wildman–Crippen LogP) is 1.57. The summed E-state index contributed by atoms with van der Waals surface area (Å²) >= 11 is 0. The van der Waals surface area contributed by atoms with Gasteiger partial charge in [-0.1, -0.05) is 32.9 Å². The van der Waals surface area contributed by atoms with Crippen molar-refractivity contribution in [1.29, 1.82) is 0 Å². The Kier molecular flexibility index (Phi) is 4.92. The van der Waals surface area contributed by atoms with Gasteiger partial charge < -0.3 is 4.74 Å². The fourth-order valence-corrected chi connectivity index (χ4v) is 1.20. The molecule has 5 heteroatoms. The van der Waals surface area contributed by atoms with E-state index in [2.05, 4.69) is 10.9 Å². The standard InChI is InChI=1S/C14H20N2O3/c1-10-6-5-7-11(8-10)19-9-12(17)15-16-13(18)14(2,3)4/h5-8H,9H2,1-4H3,(H,15,17)(H,16,18). The van der Waals surface area contributed by atoms with Crippen LogP contribution in [0.4, 0.5) is 0 Å². The largest absolute Gasteiger partial charge is 0.484 e. The Morgan fingerprint density at radius 2 is 1.89 bits per heavy atom. The molecule has 0 aliphatic heterocycles. The van der Waals surface area contributed by atoms with Crippen molar-refractivity contribution in [2.75, 3.05) is 6.61 Å². The highest BCUT2D eigenvalue weighted by atomic mass is 16.5. The van der Waals surface area contributed by atoms with Crippen LogP contribution in [0.15, 0.2) is 24.3 Å². The van der Waals surface area contributed by atoms with Crippen LogP contribution >= 0.6 is 0 Å². The van der Waals surface area contributed by atoms with E-state index in [0.29, 0.717) is 5.75 Å². The zero-order chi connectivity index (χ0) is 14.5. The molecule has 0 saturated heterocycles. The Bertz CT molecular complexity index is 464. The van der Waals surface area contributed by atoms with Crippen molar-refractivity contribution in [2.24, 2.45) is 5.41 Å². The van der Waals surface area contributed by atoms with Crippen LogP contribution < -0.4 is 15.6 Å². The Morgan fingerprint density at radius 3 is 2.47 bits per heavy atom. The summed E-state index contributed by atoms with van der Waals surface area (Å²) in [5.74, 6) is -0.0344. The molecule has 0 unspecified atom stereocenters. The summed E-state index contributed by atoms with van der Waals surface area (Å²) in [7, 11) is 0. The van der Waals surface area contributed by atoms with Crippen molar-refractivity contribution < 1.29 is 14.3 Å². The number of hydrogen-bond donors (Lipinski definition) is 2. The molecule has 0 radical (unpaired) electrons. The molecule has 0 aliphatic carbocycles. The molecule has 0 spiro atoms. The average molecular weight is 264 g/mol. The monoisotopic (exact) mass is 264 g/mol. The van der Waals surface area contributed by atoms with Crippen LogP contribution in [-0.4, -0.2) is 18.4 Å². The van der Waals surface area contributed by atoms with Gasteiger partial charge in [0.2, 0.25) is 5.91 Å². The number of benzene rings is 1. The molecule has 0 heterocycles. The first-order valence-electron chi connectivity index (χ1n) is 6.08. The number of aryl methyl sites for hydroxylation is 1. The third kappa shape index (κ3) is 5.42. The second-order valence-electron chi connectivity index (χ2n) is 5.36. The minimum absolute atomic E-state index is 0.145. The first-order chi connectivity index (χ1) is 8.79. The van der Waals surface area contributed by atoms with E-state index in [1.807, 2.05) is 25.1 Å². The van der Waals surface area contributed by atoms with Crippen molar-refractivity contribution in [2.45, 2.75) is 27.7 Å². The summed E-state index contributed by atoms with van der Waals surface area (Å²) in [6.07, 6.45) is 0. The molecular weight excluding hydrogens is 244 g/mol. The van der Waals surface area contributed by atoms with Gasteiger partial charge in [-0.05, 0) is 24.6 Å². The van der Waals surface area contributed by atoms with E-state index in [1.54, 1.807) is 26.8 Å². The molecule has 0 bridgehead atoms. The van der Waals surface area contributed by atoms with Crippen LogP contribution in [-0.2, 0) is 9.59 Å². The van der Waals surface area contributed by atoms with Crippen LogP contribution in [0.3, 0.4) is 0 Å². The van der Waals surface area contributed by atoms with Gasteiger partial charge in [-0.15, -0.1) is 0 Å². The van der Waals surface area contributed by atoms with Crippen LogP contribution in [0, 0.1) is 12.3 Å². The van der Waals surface area contributed by atoms with Gasteiger partial charge in [0, 0.05) is 5.41 Å². The van der Waals surface area contributed by atoms with E-state index in [9.17, 15) is 9.59 Å². The van der Waals surface area contributed by atoms with Crippen molar-refractivity contribution in [3.63, 3.8) is 0 Å². The maximum atomic E-state index is 11.5. The molecule has 2 amide bonds. The quantitative estimate of drug-likeness (QED) is 0.814. The first kappa shape index (κ1) is 15.0. The van der Waals surface area contributed by atoms with Gasteiger partial charge in [0.1, 0.15) is 5.75 Å². The minimum atomic E-state index is -0.551. The van der Waals surface area contributed by atoms with E-state index >= 15 is 0 Å². The molecular formula is C14H20N2O3. The van der Waals surface area contributed by atoms with E-state index in [0.717, 1.165) is 5.56 Å². The number of hydrazine groups is 1. The zero-order valence-corrected chi connectivity index (χ0v) is 11.7. The molecule has 0 saturated carbocycles. The summed E-state index contributed by atoms with van der Waals surface area (Å²) in [4.78, 5) is 23.0. The van der Waals surface area contributed by atoms with Gasteiger partial charge >= 0.3 is 0 Å². The Hall–Kier alpha value is -2.04. The third-order valence-electron chi connectivity index (χ3n) is 2.36. The van der Waals surface area contributed by atoms with Crippen LogP contribution in [0.1, 0.15) is 26.3 Å². The SMILES string of the molecule is Cc1cccc(OCC(=O)NNC(=O)C(C)(C)C)c1. The molecule has 0 atom stereocenters. The number of amides is 2. The topological polar surface area (TPSA) is 67.4 Å². The maximum absolute atomic E-state index is 11.5. The molecule has 2 N–H and O–H groups in total. The second kappa shape index (κ2) is 6.22. The zero-order valence-electron chi connectivity index (χ0n) is 11.7. The molecule has 5 nitrogen and oxygen atoms in total. The number of carbonyl (C=O) groups excluding carboxylic acids is 2. The fourth-order valence-electron chi connectivity index (χ4n) is 1.20. The molecule has 19 heavy (non-hydrogen) atoms. The number of rotatable bonds is 3. The van der Waals surface area contributed by atoms with E-state index in [1.165, 1.54) is 0 Å². The van der Waals surface area contributed by atoms with Crippen LogP contribution in [0.25, 0.3) is 0 Å². The van der Waals surface area contributed by atoms with Crippen LogP contribution in [0.2, 0.25) is 0 Å². The van der Waals surface area contributed by atoms with Gasteiger partial charge in [-0.3, -0.25) is 20.4 Å². The normalized spacial score (nSPS) is 10.7. The Balaban J connectivity index is 2.35. The van der Waals surface area contributed by atoms with Crippen molar-refractivity contribution in [3.8, 4) is 5.75 Å². The van der Waals surface area contributed by atoms with Gasteiger partial charge in [0.25, 0.3) is 5.91 Å². The van der Waals surface area contributed by atoms with Gasteiger partial charge in [0.15, 0.2) is 6.61 Å². The lowest BCUT2D eigenvalue weighted by Crippen LogP contribution is -2.48. The van der Waals surface area contributed by atoms with Crippen LogP contribution in [0.5, 0.6) is 5.75 Å². The van der Waals surface area contributed by atoms with E-state index in [-0.39, 0.29) is 12.5 Å². The smallest absolute Gasteiger partial charge is 0.276 e. The lowest BCUT2D eigenvalue weighted by molar-refractivity contribution is -0.134. The molecule has 0 aromatic heterocycles. The first-order valence-corrected chi connectivity index (χ1v) is 6.08. The second-order valence-corrected chi connectivity index (χ2v) is 5.36. The van der Waals surface area contributed by atoms with Crippen molar-refractivity contribution in [3.05, 3.63) is 29.8 Å². The van der Waals surface area contributed by atoms with E-state index in [4.69, 9.17) is 4.74 Å². The molecule has 0 aliphatic rings. The van der Waals surface area contributed by atoms with Gasteiger partial charge in [-0.2, -0.15) is 0 Å². The average Bonchev–Trinajstić information content (AvgIpc) is 2.32. The fraction of sp³-hybridized carbons (Fsp3) is 0.429. The highest BCUT2D eigenvalue weighted by molar-refractivity contribution is 5.85. The third-order valence-corrected chi connectivity index (χ3v) is 2.36. The van der Waals surface area contributed by atoms with E-state index < -0.39 is 11.3 Å². The lowest BCUT2D eigenvalue weighted by Gasteiger charge is -2.17. The summed E-state index contributed by atoms with van der Waals surface area (Å²) in [6.45, 7) is 7.08. The van der Waals surface area contributed by atoms with Crippen molar-refractivity contribution in [1.82, 2.24) is 10.9 Å². The summed E-state index contributed by atoms with van der Waals surface area (Å²) in [5, 5.41) is 0. The number of nitrogens with one attached hydrogen (secondary N) is 2. The summed E-state index contributed by atoms with van der Waals surface area (Å²) in [6, 6.07) is 7.40. The number of ether oxygens (including phenoxy) is 1. The molecule has 104 valence electrons.